The number of hydrogen-bond acceptors (Lipinski definition) is 5. The SMILES string of the molecule is CCN1CCN(CC(C)(C)COC(=O)N2CCN(c3ccc(C)cc3)CC2)CC1. The number of nitrogens with zero attached hydrogens (tertiary/aromatic N) is 4. The number of benzene rings is 1. The number of likely N-dealkylation sites (N-methyl/N-ethyl adjacent to an activating group) is 1. The van der Waals surface area contributed by atoms with Gasteiger partial charge in [0.1, 0.15) is 0 Å². The Kier molecular flexibility index (Phi) is 7.41. The predicted octanol–water partition coefficient (Wildman–Crippen LogP) is 2.92. The lowest BCUT2D eigenvalue weighted by Gasteiger charge is -2.39. The largest absolute Gasteiger partial charge is 0.449 e. The molecule has 0 atom stereocenters. The van der Waals surface area contributed by atoms with Crippen LogP contribution >= 0.6 is 0 Å². The summed E-state index contributed by atoms with van der Waals surface area (Å²) < 4.78 is 5.72. The maximum Gasteiger partial charge on any atom is 0.409 e. The highest BCUT2D eigenvalue weighted by atomic mass is 16.6. The van der Waals surface area contributed by atoms with E-state index in [1.165, 1.54) is 11.3 Å². The van der Waals surface area contributed by atoms with Crippen LogP contribution in [0.15, 0.2) is 24.3 Å². The quantitative estimate of drug-likeness (QED) is 0.732. The Morgan fingerprint density at radius 2 is 1.52 bits per heavy atom. The molecule has 0 spiro atoms. The molecule has 1 amide bonds. The fourth-order valence-corrected chi connectivity index (χ4v) is 4.17. The number of hydrogen-bond donors (Lipinski definition) is 0. The highest BCUT2D eigenvalue weighted by molar-refractivity contribution is 5.68. The van der Waals surface area contributed by atoms with Gasteiger partial charge in [-0.15, -0.1) is 0 Å². The lowest BCUT2D eigenvalue weighted by atomic mass is 9.93. The van der Waals surface area contributed by atoms with Crippen molar-refractivity contribution in [1.82, 2.24) is 14.7 Å². The van der Waals surface area contributed by atoms with Crippen molar-refractivity contribution < 1.29 is 9.53 Å². The predicted molar refractivity (Wildman–Crippen MR) is 119 cm³/mol. The molecular weight excluding hydrogens is 364 g/mol. The lowest BCUT2D eigenvalue weighted by Crippen LogP contribution is -2.51. The van der Waals surface area contributed by atoms with E-state index in [1.54, 1.807) is 0 Å². The first-order valence-corrected chi connectivity index (χ1v) is 11.0. The summed E-state index contributed by atoms with van der Waals surface area (Å²) in [6.45, 7) is 18.9. The van der Waals surface area contributed by atoms with E-state index in [0.29, 0.717) is 19.7 Å². The van der Waals surface area contributed by atoms with Gasteiger partial charge in [-0.25, -0.2) is 4.79 Å². The zero-order chi connectivity index (χ0) is 20.9. The van der Waals surface area contributed by atoms with E-state index in [2.05, 4.69) is 66.7 Å². The van der Waals surface area contributed by atoms with Gasteiger partial charge in [0.25, 0.3) is 0 Å². The molecule has 2 aliphatic rings. The van der Waals surface area contributed by atoms with Gasteiger partial charge in [-0.1, -0.05) is 38.5 Å². The fraction of sp³-hybridized carbons (Fsp3) is 0.696. The monoisotopic (exact) mass is 402 g/mol. The highest BCUT2D eigenvalue weighted by Crippen LogP contribution is 2.21. The molecule has 162 valence electrons. The standard InChI is InChI=1S/C23H38N4O2/c1-5-24-10-12-25(13-11-24)18-23(3,4)19-29-22(28)27-16-14-26(15-17-27)21-8-6-20(2)7-9-21/h6-9H,5,10-19H2,1-4H3. The number of amides is 1. The number of aryl methyl sites for hydroxylation is 1. The Morgan fingerprint density at radius 3 is 2.10 bits per heavy atom. The Bertz CT molecular complexity index is 645. The molecule has 3 rings (SSSR count). The lowest BCUT2D eigenvalue weighted by molar-refractivity contribution is 0.0376. The molecule has 0 aliphatic carbocycles. The number of carbonyl (C=O) groups is 1. The topological polar surface area (TPSA) is 39.3 Å². The van der Waals surface area contributed by atoms with Crippen LogP contribution in [-0.2, 0) is 4.74 Å². The van der Waals surface area contributed by atoms with Crippen molar-refractivity contribution in [1.29, 1.82) is 0 Å². The Morgan fingerprint density at radius 1 is 0.931 bits per heavy atom. The molecule has 6 heteroatoms. The van der Waals surface area contributed by atoms with E-state index >= 15 is 0 Å². The molecule has 0 unspecified atom stereocenters. The molecule has 0 bridgehead atoms. The minimum absolute atomic E-state index is 0.0340. The molecule has 2 fully saturated rings. The Hall–Kier alpha value is -1.79. The summed E-state index contributed by atoms with van der Waals surface area (Å²) >= 11 is 0. The van der Waals surface area contributed by atoms with Crippen LogP contribution in [0, 0.1) is 12.3 Å². The van der Waals surface area contributed by atoms with Crippen LogP contribution in [0.5, 0.6) is 0 Å². The van der Waals surface area contributed by atoms with Crippen LogP contribution in [0.1, 0.15) is 26.3 Å². The molecule has 2 heterocycles. The van der Waals surface area contributed by atoms with Crippen molar-refractivity contribution >= 4 is 11.8 Å². The maximum absolute atomic E-state index is 12.6. The maximum atomic E-state index is 12.6. The molecule has 0 aromatic heterocycles. The second-order valence-electron chi connectivity index (χ2n) is 9.24. The van der Waals surface area contributed by atoms with Gasteiger partial charge < -0.3 is 24.3 Å². The van der Waals surface area contributed by atoms with Crippen molar-refractivity contribution in [2.75, 3.05) is 77.0 Å². The van der Waals surface area contributed by atoms with E-state index < -0.39 is 0 Å². The Balaban J connectivity index is 1.39. The van der Waals surface area contributed by atoms with Crippen LogP contribution in [0.4, 0.5) is 10.5 Å². The third-order valence-corrected chi connectivity index (χ3v) is 6.09. The summed E-state index contributed by atoms with van der Waals surface area (Å²) in [4.78, 5) is 21.7. The van der Waals surface area contributed by atoms with Gasteiger partial charge in [0.05, 0.1) is 6.61 Å². The van der Waals surface area contributed by atoms with Crippen molar-refractivity contribution in [2.45, 2.75) is 27.7 Å². The van der Waals surface area contributed by atoms with Crippen LogP contribution in [0.2, 0.25) is 0 Å². The highest BCUT2D eigenvalue weighted by Gasteiger charge is 2.28. The first-order chi connectivity index (χ1) is 13.9. The van der Waals surface area contributed by atoms with E-state index in [9.17, 15) is 4.79 Å². The molecule has 0 radical (unpaired) electrons. The minimum atomic E-state index is -0.169. The summed E-state index contributed by atoms with van der Waals surface area (Å²) in [6.07, 6.45) is -0.169. The van der Waals surface area contributed by atoms with Gasteiger partial charge in [0.15, 0.2) is 0 Å². The summed E-state index contributed by atoms with van der Waals surface area (Å²) in [5.74, 6) is 0. The molecular formula is C23H38N4O2. The summed E-state index contributed by atoms with van der Waals surface area (Å²) in [5.41, 5.74) is 2.46. The van der Waals surface area contributed by atoms with Gasteiger partial charge in [-0.2, -0.15) is 0 Å². The first kappa shape index (κ1) is 21.9. The molecule has 6 nitrogen and oxygen atoms in total. The first-order valence-electron chi connectivity index (χ1n) is 11.0. The van der Waals surface area contributed by atoms with E-state index in [0.717, 1.165) is 52.4 Å². The van der Waals surface area contributed by atoms with E-state index in [-0.39, 0.29) is 11.5 Å². The van der Waals surface area contributed by atoms with Crippen molar-refractivity contribution in [2.24, 2.45) is 5.41 Å². The van der Waals surface area contributed by atoms with Gasteiger partial charge >= 0.3 is 6.09 Å². The molecule has 2 saturated heterocycles. The molecule has 2 aliphatic heterocycles. The number of carbonyl (C=O) groups excluding carboxylic acids is 1. The molecule has 29 heavy (non-hydrogen) atoms. The Labute approximate surface area is 176 Å². The zero-order valence-corrected chi connectivity index (χ0v) is 18.7. The normalized spacial score (nSPS) is 19.4. The van der Waals surface area contributed by atoms with Gasteiger partial charge in [0, 0.05) is 70.0 Å². The fourth-order valence-electron chi connectivity index (χ4n) is 4.17. The van der Waals surface area contributed by atoms with Gasteiger partial charge in [-0.3, -0.25) is 0 Å². The van der Waals surface area contributed by atoms with Gasteiger partial charge in [-0.05, 0) is 25.6 Å². The number of piperazine rings is 2. The average molecular weight is 403 g/mol. The second kappa shape index (κ2) is 9.81. The summed E-state index contributed by atoms with van der Waals surface area (Å²) in [7, 11) is 0. The molecule has 0 saturated carbocycles. The molecule has 1 aromatic rings. The van der Waals surface area contributed by atoms with Crippen LogP contribution in [0.25, 0.3) is 0 Å². The molecule has 0 N–H and O–H groups in total. The van der Waals surface area contributed by atoms with Crippen LogP contribution in [0.3, 0.4) is 0 Å². The van der Waals surface area contributed by atoms with Crippen molar-refractivity contribution in [3.8, 4) is 0 Å². The van der Waals surface area contributed by atoms with Gasteiger partial charge in [0.2, 0.25) is 0 Å². The summed E-state index contributed by atoms with van der Waals surface area (Å²) in [6, 6.07) is 8.60. The third-order valence-electron chi connectivity index (χ3n) is 6.09. The van der Waals surface area contributed by atoms with Crippen LogP contribution < -0.4 is 4.90 Å². The summed E-state index contributed by atoms with van der Waals surface area (Å²) in [5, 5.41) is 0. The van der Waals surface area contributed by atoms with Crippen molar-refractivity contribution in [3.63, 3.8) is 0 Å². The minimum Gasteiger partial charge on any atom is -0.449 e. The van der Waals surface area contributed by atoms with Crippen molar-refractivity contribution in [3.05, 3.63) is 29.8 Å². The van der Waals surface area contributed by atoms with Crippen LogP contribution in [-0.4, -0.2) is 92.8 Å². The molecule has 1 aromatic carbocycles. The number of anilines is 1. The number of ether oxygens (including phenoxy) is 1. The smallest absolute Gasteiger partial charge is 0.409 e. The second-order valence-corrected chi connectivity index (χ2v) is 9.24. The number of rotatable bonds is 6. The zero-order valence-electron chi connectivity index (χ0n) is 18.7. The average Bonchev–Trinajstić information content (AvgIpc) is 2.73. The van der Waals surface area contributed by atoms with E-state index in [4.69, 9.17) is 4.74 Å². The third kappa shape index (κ3) is 6.34. The van der Waals surface area contributed by atoms with E-state index in [1.807, 2.05) is 4.90 Å².